The highest BCUT2D eigenvalue weighted by molar-refractivity contribution is 6.30. The van der Waals surface area contributed by atoms with Crippen molar-refractivity contribution in [2.45, 2.75) is 0 Å². The van der Waals surface area contributed by atoms with Gasteiger partial charge in [-0.3, -0.25) is 0 Å². The summed E-state index contributed by atoms with van der Waals surface area (Å²) in [5, 5.41) is 9.91. The van der Waals surface area contributed by atoms with Gasteiger partial charge in [-0.1, -0.05) is 11.6 Å². The highest BCUT2D eigenvalue weighted by atomic mass is 35.5. The van der Waals surface area contributed by atoms with Crippen molar-refractivity contribution in [1.29, 1.82) is 0 Å². The summed E-state index contributed by atoms with van der Waals surface area (Å²) in [7, 11) is 0. The summed E-state index contributed by atoms with van der Waals surface area (Å²) in [6, 6.07) is 10.6. The molecule has 2 aromatic heterocycles. The lowest BCUT2D eigenvalue weighted by Gasteiger charge is -1.95. The van der Waals surface area contributed by atoms with Crippen molar-refractivity contribution in [1.82, 2.24) is 9.38 Å². The molecular formula is C13H9ClN2O. The number of aromatic hydroxyl groups is 1. The Hall–Kier alpha value is -2.00. The minimum absolute atomic E-state index is 0.251. The van der Waals surface area contributed by atoms with E-state index in [1.54, 1.807) is 12.1 Å². The van der Waals surface area contributed by atoms with Crippen LogP contribution in [-0.2, 0) is 0 Å². The van der Waals surface area contributed by atoms with Crippen molar-refractivity contribution in [2.24, 2.45) is 0 Å². The number of aromatic nitrogens is 2. The van der Waals surface area contributed by atoms with E-state index >= 15 is 0 Å². The fraction of sp³-hybridized carbons (Fsp3) is 0. The quantitative estimate of drug-likeness (QED) is 0.713. The van der Waals surface area contributed by atoms with Gasteiger partial charge < -0.3 is 9.51 Å². The number of fused-ring (bicyclic) bond motifs is 1. The zero-order valence-corrected chi connectivity index (χ0v) is 9.59. The number of rotatable bonds is 1. The van der Waals surface area contributed by atoms with Gasteiger partial charge in [0.1, 0.15) is 11.4 Å². The largest absolute Gasteiger partial charge is 0.508 e. The van der Waals surface area contributed by atoms with E-state index in [9.17, 15) is 5.11 Å². The van der Waals surface area contributed by atoms with Crippen LogP contribution in [0.1, 0.15) is 0 Å². The van der Waals surface area contributed by atoms with Crippen molar-refractivity contribution in [3.8, 4) is 17.0 Å². The van der Waals surface area contributed by atoms with Crippen molar-refractivity contribution in [2.75, 3.05) is 0 Å². The third-order valence-corrected chi connectivity index (χ3v) is 2.80. The van der Waals surface area contributed by atoms with Crippen molar-refractivity contribution in [3.05, 3.63) is 53.8 Å². The molecule has 0 radical (unpaired) electrons. The number of hydrogen-bond donors (Lipinski definition) is 1. The monoisotopic (exact) mass is 244 g/mol. The third kappa shape index (κ3) is 1.85. The predicted octanol–water partition coefficient (Wildman–Crippen LogP) is 3.36. The van der Waals surface area contributed by atoms with E-state index in [1.165, 1.54) is 0 Å². The summed E-state index contributed by atoms with van der Waals surface area (Å²) in [6.07, 6.45) is 3.72. The first-order valence-corrected chi connectivity index (χ1v) is 5.54. The molecule has 0 aliphatic heterocycles. The first kappa shape index (κ1) is 10.2. The molecule has 84 valence electrons. The van der Waals surface area contributed by atoms with E-state index in [0.717, 1.165) is 16.9 Å². The first-order chi connectivity index (χ1) is 8.22. The molecule has 0 aliphatic carbocycles. The molecule has 3 nitrogen and oxygen atoms in total. The molecule has 0 saturated carbocycles. The molecule has 2 heterocycles. The summed E-state index contributed by atoms with van der Waals surface area (Å²) in [5.41, 5.74) is 2.66. The third-order valence-electron chi connectivity index (χ3n) is 2.58. The van der Waals surface area contributed by atoms with Gasteiger partial charge in [-0.05, 0) is 36.4 Å². The van der Waals surface area contributed by atoms with Crippen LogP contribution < -0.4 is 0 Å². The molecule has 0 saturated heterocycles. The van der Waals surface area contributed by atoms with Gasteiger partial charge in [-0.2, -0.15) is 0 Å². The number of halogens is 1. The van der Waals surface area contributed by atoms with Crippen molar-refractivity contribution in [3.63, 3.8) is 0 Å². The Morgan fingerprint density at radius 3 is 2.53 bits per heavy atom. The maximum absolute atomic E-state index is 9.24. The van der Waals surface area contributed by atoms with Gasteiger partial charge in [-0.25, -0.2) is 4.98 Å². The maximum atomic E-state index is 9.24. The molecule has 17 heavy (non-hydrogen) atoms. The molecule has 0 aliphatic rings. The second-order valence-corrected chi connectivity index (χ2v) is 4.22. The lowest BCUT2D eigenvalue weighted by Crippen LogP contribution is -1.79. The summed E-state index contributed by atoms with van der Waals surface area (Å²) < 4.78 is 1.88. The van der Waals surface area contributed by atoms with Gasteiger partial charge in [0.05, 0.1) is 10.7 Å². The molecule has 4 heteroatoms. The molecule has 0 bridgehead atoms. The van der Waals surface area contributed by atoms with Gasteiger partial charge in [0.2, 0.25) is 0 Å². The van der Waals surface area contributed by atoms with E-state index in [0.29, 0.717) is 5.02 Å². The summed E-state index contributed by atoms with van der Waals surface area (Å²) in [5.74, 6) is 0.251. The molecule has 0 atom stereocenters. The Labute approximate surface area is 103 Å². The molecule has 0 spiro atoms. The molecule has 3 rings (SSSR count). The van der Waals surface area contributed by atoms with E-state index in [-0.39, 0.29) is 5.75 Å². The minimum atomic E-state index is 0.251. The van der Waals surface area contributed by atoms with E-state index in [2.05, 4.69) is 4.98 Å². The normalized spacial score (nSPS) is 10.9. The summed E-state index contributed by atoms with van der Waals surface area (Å²) in [4.78, 5) is 4.48. The second kappa shape index (κ2) is 3.79. The molecule has 1 N–H and O–H groups in total. The average molecular weight is 245 g/mol. The van der Waals surface area contributed by atoms with Gasteiger partial charge >= 0.3 is 0 Å². The number of imidazole rings is 1. The summed E-state index contributed by atoms with van der Waals surface area (Å²) >= 11 is 5.91. The van der Waals surface area contributed by atoms with Crippen molar-refractivity contribution >= 4 is 17.2 Å². The summed E-state index contributed by atoms with van der Waals surface area (Å²) in [6.45, 7) is 0. The van der Waals surface area contributed by atoms with Crippen LogP contribution in [0.2, 0.25) is 5.02 Å². The van der Waals surface area contributed by atoms with E-state index in [4.69, 9.17) is 11.6 Å². The Kier molecular flexibility index (Phi) is 2.27. The standard InChI is InChI=1S/C13H9ClN2O/c14-10-3-6-13-15-12(8-16(13)7-10)9-1-4-11(17)5-2-9/h1-8,17H. The van der Waals surface area contributed by atoms with Crippen LogP contribution >= 0.6 is 11.6 Å². The van der Waals surface area contributed by atoms with Crippen LogP contribution in [0.4, 0.5) is 0 Å². The van der Waals surface area contributed by atoms with Crippen LogP contribution in [0.25, 0.3) is 16.9 Å². The zero-order chi connectivity index (χ0) is 11.8. The van der Waals surface area contributed by atoms with Crippen LogP contribution in [0.15, 0.2) is 48.8 Å². The fourth-order valence-corrected chi connectivity index (χ4v) is 1.90. The lowest BCUT2D eigenvalue weighted by atomic mass is 10.2. The van der Waals surface area contributed by atoms with Gasteiger partial charge in [0.15, 0.2) is 0 Å². The number of benzene rings is 1. The number of phenols is 1. The highest BCUT2D eigenvalue weighted by Gasteiger charge is 2.04. The number of hydrogen-bond acceptors (Lipinski definition) is 2. The van der Waals surface area contributed by atoms with Crippen LogP contribution in [0, 0.1) is 0 Å². The Bertz CT molecular complexity index is 673. The second-order valence-electron chi connectivity index (χ2n) is 3.79. The van der Waals surface area contributed by atoms with Gasteiger partial charge in [-0.15, -0.1) is 0 Å². The van der Waals surface area contributed by atoms with Gasteiger partial charge in [0, 0.05) is 18.0 Å². The molecular weight excluding hydrogens is 236 g/mol. The SMILES string of the molecule is Oc1ccc(-c2cn3cc(Cl)ccc3n2)cc1. The van der Waals surface area contributed by atoms with Crippen LogP contribution in [0.3, 0.4) is 0 Å². The molecule has 0 unspecified atom stereocenters. The number of pyridine rings is 1. The maximum Gasteiger partial charge on any atom is 0.137 e. The van der Waals surface area contributed by atoms with Crippen LogP contribution in [-0.4, -0.2) is 14.5 Å². The number of phenolic OH excluding ortho intramolecular Hbond substituents is 1. The minimum Gasteiger partial charge on any atom is -0.508 e. The van der Waals surface area contributed by atoms with E-state index in [1.807, 2.05) is 41.1 Å². The molecule has 0 fully saturated rings. The smallest absolute Gasteiger partial charge is 0.137 e. The Morgan fingerprint density at radius 1 is 1.00 bits per heavy atom. The Balaban J connectivity index is 2.14. The average Bonchev–Trinajstić information content (AvgIpc) is 2.72. The molecule has 0 amide bonds. The van der Waals surface area contributed by atoms with Crippen molar-refractivity contribution < 1.29 is 5.11 Å². The Morgan fingerprint density at radius 2 is 1.76 bits per heavy atom. The van der Waals surface area contributed by atoms with E-state index < -0.39 is 0 Å². The topological polar surface area (TPSA) is 37.5 Å². The highest BCUT2D eigenvalue weighted by Crippen LogP contribution is 2.22. The predicted molar refractivity (Wildman–Crippen MR) is 67.3 cm³/mol. The zero-order valence-electron chi connectivity index (χ0n) is 8.84. The fourth-order valence-electron chi connectivity index (χ4n) is 1.74. The lowest BCUT2D eigenvalue weighted by molar-refractivity contribution is 0.475. The first-order valence-electron chi connectivity index (χ1n) is 5.16. The van der Waals surface area contributed by atoms with Crippen LogP contribution in [0.5, 0.6) is 5.75 Å². The molecule has 1 aromatic carbocycles. The van der Waals surface area contributed by atoms with Gasteiger partial charge in [0.25, 0.3) is 0 Å². The molecule has 3 aromatic rings. The number of nitrogens with zero attached hydrogens (tertiary/aromatic N) is 2.